The predicted molar refractivity (Wildman–Crippen MR) is 63.1 cm³/mol. The third-order valence-electron chi connectivity index (χ3n) is 2.72. The highest BCUT2D eigenvalue weighted by molar-refractivity contribution is 7.91. The first-order chi connectivity index (χ1) is 7.92. The fourth-order valence-electron chi connectivity index (χ4n) is 1.95. The Morgan fingerprint density at radius 2 is 2.18 bits per heavy atom. The van der Waals surface area contributed by atoms with E-state index in [9.17, 15) is 13.2 Å². The van der Waals surface area contributed by atoms with E-state index in [1.807, 2.05) is 6.92 Å². The number of nitrogens with one attached hydrogen (secondary N) is 1. The van der Waals surface area contributed by atoms with Crippen molar-refractivity contribution in [1.29, 1.82) is 0 Å². The predicted octanol–water partition coefficient (Wildman–Crippen LogP) is 1.22. The molecule has 17 heavy (non-hydrogen) atoms. The van der Waals surface area contributed by atoms with Crippen molar-refractivity contribution in [2.24, 2.45) is 5.92 Å². The summed E-state index contributed by atoms with van der Waals surface area (Å²) >= 11 is 0. The number of para-hydroxylation sites is 1. The van der Waals surface area contributed by atoms with Gasteiger partial charge in [-0.3, -0.25) is 0 Å². The summed E-state index contributed by atoms with van der Waals surface area (Å²) in [6, 6.07) is 4.30. The van der Waals surface area contributed by atoms with E-state index in [-0.39, 0.29) is 27.8 Å². The maximum atomic E-state index is 12.0. The van der Waals surface area contributed by atoms with Crippen molar-refractivity contribution in [3.8, 4) is 0 Å². The molecule has 6 heteroatoms. The van der Waals surface area contributed by atoms with Crippen LogP contribution in [0.5, 0.6) is 0 Å². The van der Waals surface area contributed by atoms with Crippen molar-refractivity contribution >= 4 is 21.5 Å². The van der Waals surface area contributed by atoms with Crippen LogP contribution in [0.1, 0.15) is 17.3 Å². The van der Waals surface area contributed by atoms with E-state index in [1.54, 1.807) is 0 Å². The maximum absolute atomic E-state index is 12.0. The largest absolute Gasteiger partial charge is 0.478 e. The molecule has 1 heterocycles. The lowest BCUT2D eigenvalue weighted by atomic mass is 10.1. The number of fused-ring (bicyclic) bond motifs is 1. The number of anilines is 1. The van der Waals surface area contributed by atoms with E-state index in [0.717, 1.165) is 0 Å². The van der Waals surface area contributed by atoms with Gasteiger partial charge < -0.3 is 10.4 Å². The van der Waals surface area contributed by atoms with Crippen LogP contribution in [0.2, 0.25) is 0 Å². The topological polar surface area (TPSA) is 83.5 Å². The average Bonchev–Trinajstić information content (AvgIpc) is 2.35. The summed E-state index contributed by atoms with van der Waals surface area (Å²) in [5.74, 6) is -1.14. The Kier molecular flexibility index (Phi) is 2.82. The lowest BCUT2D eigenvalue weighted by molar-refractivity contribution is 0.0697. The van der Waals surface area contributed by atoms with Gasteiger partial charge in [0.25, 0.3) is 0 Å². The van der Waals surface area contributed by atoms with Gasteiger partial charge >= 0.3 is 5.97 Å². The zero-order valence-corrected chi connectivity index (χ0v) is 10.1. The van der Waals surface area contributed by atoms with Crippen LogP contribution in [-0.4, -0.2) is 31.8 Å². The van der Waals surface area contributed by atoms with Crippen molar-refractivity contribution in [2.75, 3.05) is 17.6 Å². The SMILES string of the molecule is CC1CNc2c(C(=O)O)cccc2S(=O)(=O)C1. The summed E-state index contributed by atoms with van der Waals surface area (Å²) in [7, 11) is -3.41. The molecule has 1 unspecified atom stereocenters. The fraction of sp³-hybridized carbons (Fsp3) is 0.364. The fourth-order valence-corrected chi connectivity index (χ4v) is 3.78. The molecular weight excluding hydrogens is 242 g/mol. The number of carbonyl (C=O) groups is 1. The number of hydrogen-bond acceptors (Lipinski definition) is 4. The van der Waals surface area contributed by atoms with Gasteiger partial charge in [0.05, 0.1) is 21.9 Å². The highest BCUT2D eigenvalue weighted by Gasteiger charge is 2.28. The van der Waals surface area contributed by atoms with Crippen LogP contribution >= 0.6 is 0 Å². The van der Waals surface area contributed by atoms with Gasteiger partial charge in [-0.2, -0.15) is 0 Å². The first-order valence-corrected chi connectivity index (χ1v) is 6.90. The summed E-state index contributed by atoms with van der Waals surface area (Å²) in [5, 5.41) is 12.0. The van der Waals surface area contributed by atoms with Gasteiger partial charge in [0, 0.05) is 6.54 Å². The van der Waals surface area contributed by atoms with Gasteiger partial charge in [0.15, 0.2) is 9.84 Å². The van der Waals surface area contributed by atoms with Crippen LogP contribution < -0.4 is 5.32 Å². The minimum atomic E-state index is -3.41. The molecule has 1 aliphatic heterocycles. The molecular formula is C11H13NO4S. The standard InChI is InChI=1S/C11H13NO4S/c1-7-5-12-10-8(11(13)14)3-2-4-9(10)17(15,16)6-7/h2-4,7,12H,5-6H2,1H3,(H,13,14). The number of hydrogen-bond donors (Lipinski definition) is 2. The van der Waals surface area contributed by atoms with Gasteiger partial charge in [-0.25, -0.2) is 13.2 Å². The summed E-state index contributed by atoms with van der Waals surface area (Å²) in [5.41, 5.74) is 0.213. The van der Waals surface area contributed by atoms with Crippen molar-refractivity contribution in [3.63, 3.8) is 0 Å². The number of benzene rings is 1. The Labute approximate surface area is 99.4 Å². The molecule has 1 aliphatic rings. The summed E-state index contributed by atoms with van der Waals surface area (Å²) < 4.78 is 24.1. The molecule has 1 atom stereocenters. The normalized spacial score (nSPS) is 22.1. The van der Waals surface area contributed by atoms with Gasteiger partial charge in [-0.05, 0) is 18.1 Å². The third kappa shape index (κ3) is 2.12. The van der Waals surface area contributed by atoms with Crippen LogP contribution in [0.3, 0.4) is 0 Å². The molecule has 0 spiro atoms. The number of sulfone groups is 1. The summed E-state index contributed by atoms with van der Waals surface area (Å²) in [6.07, 6.45) is 0. The van der Waals surface area contributed by atoms with E-state index >= 15 is 0 Å². The second-order valence-corrected chi connectivity index (χ2v) is 6.25. The summed E-state index contributed by atoms with van der Waals surface area (Å²) in [6.45, 7) is 2.27. The van der Waals surface area contributed by atoms with Crippen LogP contribution in [-0.2, 0) is 9.84 Å². The molecule has 0 amide bonds. The highest BCUT2D eigenvalue weighted by atomic mass is 32.2. The first kappa shape index (κ1) is 11.9. The monoisotopic (exact) mass is 255 g/mol. The highest BCUT2D eigenvalue weighted by Crippen LogP contribution is 2.30. The van der Waals surface area contributed by atoms with Crippen molar-refractivity contribution in [1.82, 2.24) is 0 Å². The molecule has 1 aromatic rings. The van der Waals surface area contributed by atoms with Gasteiger partial charge in [0.1, 0.15) is 0 Å². The molecule has 0 aliphatic carbocycles. The minimum Gasteiger partial charge on any atom is -0.478 e. The van der Waals surface area contributed by atoms with E-state index in [0.29, 0.717) is 6.54 Å². The maximum Gasteiger partial charge on any atom is 0.337 e. The Bertz CT molecular complexity index is 565. The van der Waals surface area contributed by atoms with Crippen LogP contribution in [0.15, 0.2) is 23.1 Å². The molecule has 0 saturated heterocycles. The Hall–Kier alpha value is -1.56. The van der Waals surface area contributed by atoms with E-state index in [2.05, 4.69) is 5.32 Å². The quantitative estimate of drug-likeness (QED) is 0.788. The zero-order valence-electron chi connectivity index (χ0n) is 9.30. The second-order valence-electron chi connectivity index (χ2n) is 4.25. The van der Waals surface area contributed by atoms with Gasteiger partial charge in [-0.1, -0.05) is 13.0 Å². The lowest BCUT2D eigenvalue weighted by Gasteiger charge is -2.10. The zero-order chi connectivity index (χ0) is 12.6. The third-order valence-corrected chi connectivity index (χ3v) is 4.74. The molecule has 0 bridgehead atoms. The number of rotatable bonds is 1. The minimum absolute atomic E-state index is 0.000162. The van der Waals surface area contributed by atoms with E-state index in [4.69, 9.17) is 5.11 Å². The Balaban J connectivity index is 2.68. The molecule has 0 aromatic heterocycles. The molecule has 0 radical (unpaired) electrons. The Morgan fingerprint density at radius 3 is 2.82 bits per heavy atom. The first-order valence-electron chi connectivity index (χ1n) is 5.25. The molecule has 0 fully saturated rings. The summed E-state index contributed by atoms with van der Waals surface area (Å²) in [4.78, 5) is 11.1. The Morgan fingerprint density at radius 1 is 1.47 bits per heavy atom. The van der Waals surface area contributed by atoms with E-state index in [1.165, 1.54) is 18.2 Å². The van der Waals surface area contributed by atoms with Crippen molar-refractivity contribution < 1.29 is 18.3 Å². The molecule has 1 aromatic carbocycles. The number of carboxylic acid groups (broad SMARTS) is 1. The van der Waals surface area contributed by atoms with Crippen molar-refractivity contribution in [3.05, 3.63) is 23.8 Å². The number of aromatic carboxylic acids is 1. The molecule has 0 saturated carbocycles. The smallest absolute Gasteiger partial charge is 0.337 e. The number of carboxylic acids is 1. The molecule has 5 nitrogen and oxygen atoms in total. The second kappa shape index (κ2) is 4.03. The van der Waals surface area contributed by atoms with Crippen LogP contribution in [0, 0.1) is 5.92 Å². The molecule has 2 N–H and O–H groups in total. The lowest BCUT2D eigenvalue weighted by Crippen LogP contribution is -2.15. The van der Waals surface area contributed by atoms with Crippen LogP contribution in [0.4, 0.5) is 5.69 Å². The van der Waals surface area contributed by atoms with Gasteiger partial charge in [-0.15, -0.1) is 0 Å². The van der Waals surface area contributed by atoms with Crippen LogP contribution in [0.25, 0.3) is 0 Å². The molecule has 92 valence electrons. The molecule has 2 rings (SSSR count). The van der Waals surface area contributed by atoms with E-state index < -0.39 is 15.8 Å². The average molecular weight is 255 g/mol. The van der Waals surface area contributed by atoms with Gasteiger partial charge in [0.2, 0.25) is 0 Å². The van der Waals surface area contributed by atoms with Crippen molar-refractivity contribution in [2.45, 2.75) is 11.8 Å².